The second-order valence-electron chi connectivity index (χ2n) is 9.50. The summed E-state index contributed by atoms with van der Waals surface area (Å²) >= 11 is 0. The number of carbonyl (C=O) groups is 2. The summed E-state index contributed by atoms with van der Waals surface area (Å²) in [5.74, 6) is 0.662. The molecule has 0 radical (unpaired) electrons. The van der Waals surface area contributed by atoms with Crippen molar-refractivity contribution in [2.45, 2.75) is 57.9 Å². The van der Waals surface area contributed by atoms with Crippen LogP contribution in [0.3, 0.4) is 0 Å². The molecule has 0 aromatic heterocycles. The lowest BCUT2D eigenvalue weighted by molar-refractivity contribution is -0.130. The molecule has 2 aromatic rings. The average Bonchev–Trinajstić information content (AvgIpc) is 2.91. The molecule has 1 atom stereocenters. The number of likely N-dealkylation sites (N-methyl/N-ethyl adjacent to an activating group) is 1. The standard InChI is InChI=1S/C28H34N2O2/c1-4-20-8-11-23-14-15-25(28(32)30(3)26(23)18-20)29-27(31)24-12-9-21(10-13-24)17-22-7-5-6-19(2)16-22/h4-8,11,16,18,21,24-25H,1,9-10,12-15,17H2,2-3H3,(H,29,31). The number of nitrogens with one attached hydrogen (secondary N) is 1. The molecule has 2 aliphatic rings. The molecule has 2 amide bonds. The molecule has 1 saturated carbocycles. The van der Waals surface area contributed by atoms with Crippen LogP contribution >= 0.6 is 0 Å². The molecule has 32 heavy (non-hydrogen) atoms. The average molecular weight is 431 g/mol. The number of carbonyl (C=O) groups excluding carboxylic acids is 2. The van der Waals surface area contributed by atoms with Gasteiger partial charge in [0.05, 0.1) is 0 Å². The summed E-state index contributed by atoms with van der Waals surface area (Å²) in [5.41, 5.74) is 5.75. The zero-order valence-corrected chi connectivity index (χ0v) is 19.3. The van der Waals surface area contributed by atoms with Crippen LogP contribution in [0.2, 0.25) is 0 Å². The molecule has 1 aliphatic carbocycles. The van der Waals surface area contributed by atoms with Crippen molar-refractivity contribution in [1.82, 2.24) is 5.32 Å². The molecule has 1 fully saturated rings. The second-order valence-corrected chi connectivity index (χ2v) is 9.50. The van der Waals surface area contributed by atoms with Gasteiger partial charge in [0.2, 0.25) is 11.8 Å². The molecule has 4 heteroatoms. The van der Waals surface area contributed by atoms with Gasteiger partial charge in [-0.05, 0) is 80.5 Å². The summed E-state index contributed by atoms with van der Waals surface area (Å²) in [6, 6.07) is 14.4. The largest absolute Gasteiger partial charge is 0.344 e. The molecule has 0 saturated heterocycles. The number of rotatable bonds is 5. The van der Waals surface area contributed by atoms with Crippen molar-refractivity contribution in [3.63, 3.8) is 0 Å². The van der Waals surface area contributed by atoms with Gasteiger partial charge in [-0.3, -0.25) is 9.59 Å². The van der Waals surface area contributed by atoms with E-state index in [0.717, 1.165) is 55.3 Å². The maximum atomic E-state index is 13.1. The number of benzene rings is 2. The van der Waals surface area contributed by atoms with E-state index in [1.54, 1.807) is 18.0 Å². The first-order chi connectivity index (χ1) is 15.4. The summed E-state index contributed by atoms with van der Waals surface area (Å²) < 4.78 is 0. The molecule has 4 rings (SSSR count). The van der Waals surface area contributed by atoms with E-state index in [2.05, 4.69) is 49.2 Å². The molecule has 0 bridgehead atoms. The van der Waals surface area contributed by atoms with Crippen molar-refractivity contribution in [2.75, 3.05) is 11.9 Å². The summed E-state index contributed by atoms with van der Waals surface area (Å²) in [6.45, 7) is 5.96. The number of hydrogen-bond donors (Lipinski definition) is 1. The predicted octanol–water partition coefficient (Wildman–Crippen LogP) is 5.08. The zero-order valence-electron chi connectivity index (χ0n) is 19.3. The lowest BCUT2D eigenvalue weighted by Crippen LogP contribution is -2.48. The molecule has 1 aliphatic heterocycles. The van der Waals surface area contributed by atoms with Gasteiger partial charge in [-0.15, -0.1) is 0 Å². The van der Waals surface area contributed by atoms with E-state index in [1.807, 2.05) is 12.1 Å². The summed E-state index contributed by atoms with van der Waals surface area (Å²) in [4.78, 5) is 27.8. The Morgan fingerprint density at radius 1 is 1.12 bits per heavy atom. The number of fused-ring (bicyclic) bond motifs is 1. The highest BCUT2D eigenvalue weighted by atomic mass is 16.2. The lowest BCUT2D eigenvalue weighted by atomic mass is 9.78. The minimum atomic E-state index is -0.461. The van der Waals surface area contributed by atoms with Gasteiger partial charge in [-0.2, -0.15) is 0 Å². The first kappa shape index (κ1) is 22.3. The van der Waals surface area contributed by atoms with E-state index in [-0.39, 0.29) is 17.7 Å². The fourth-order valence-electron chi connectivity index (χ4n) is 5.23. The van der Waals surface area contributed by atoms with Crippen molar-refractivity contribution >= 4 is 23.6 Å². The van der Waals surface area contributed by atoms with Crippen molar-refractivity contribution < 1.29 is 9.59 Å². The first-order valence-electron chi connectivity index (χ1n) is 11.8. The van der Waals surface area contributed by atoms with Crippen molar-refractivity contribution in [3.05, 3.63) is 71.3 Å². The van der Waals surface area contributed by atoms with Gasteiger partial charge in [-0.25, -0.2) is 0 Å². The third-order valence-corrected chi connectivity index (χ3v) is 7.18. The fraction of sp³-hybridized carbons (Fsp3) is 0.429. The molecule has 1 N–H and O–H groups in total. The van der Waals surface area contributed by atoms with Crippen LogP contribution in [0.15, 0.2) is 49.0 Å². The highest BCUT2D eigenvalue weighted by molar-refractivity contribution is 6.00. The Kier molecular flexibility index (Phi) is 6.78. The van der Waals surface area contributed by atoms with Crippen molar-refractivity contribution in [3.8, 4) is 0 Å². The topological polar surface area (TPSA) is 49.4 Å². The summed E-state index contributed by atoms with van der Waals surface area (Å²) in [5, 5.41) is 3.09. The van der Waals surface area contributed by atoms with Gasteiger partial charge in [0.25, 0.3) is 0 Å². The van der Waals surface area contributed by atoms with Crippen molar-refractivity contribution in [1.29, 1.82) is 0 Å². The maximum Gasteiger partial charge on any atom is 0.249 e. The van der Waals surface area contributed by atoms with Gasteiger partial charge in [0.1, 0.15) is 6.04 Å². The Morgan fingerprint density at radius 3 is 2.62 bits per heavy atom. The molecule has 4 nitrogen and oxygen atoms in total. The SMILES string of the molecule is C=Cc1ccc2c(c1)N(C)C(=O)C(NC(=O)C1CCC(Cc3cccc(C)c3)CC1)CC2. The van der Waals surface area contributed by atoms with Gasteiger partial charge >= 0.3 is 0 Å². The van der Waals surface area contributed by atoms with Crippen LogP contribution in [0, 0.1) is 18.8 Å². The van der Waals surface area contributed by atoms with Crippen LogP contribution in [0.25, 0.3) is 6.08 Å². The highest BCUT2D eigenvalue weighted by Crippen LogP contribution is 2.32. The summed E-state index contributed by atoms with van der Waals surface area (Å²) in [6.07, 6.45) is 8.24. The Hall–Kier alpha value is -2.88. The third kappa shape index (κ3) is 4.95. The Labute approximate surface area is 191 Å². The number of hydrogen-bond acceptors (Lipinski definition) is 2. The number of amides is 2. The van der Waals surface area contributed by atoms with Gasteiger partial charge in [-0.1, -0.05) is 54.6 Å². The lowest BCUT2D eigenvalue weighted by Gasteiger charge is -2.29. The number of anilines is 1. The molecule has 1 unspecified atom stereocenters. The Morgan fingerprint density at radius 2 is 1.91 bits per heavy atom. The third-order valence-electron chi connectivity index (χ3n) is 7.18. The number of aryl methyl sites for hydroxylation is 2. The van der Waals surface area contributed by atoms with Crippen LogP contribution in [0.4, 0.5) is 5.69 Å². The highest BCUT2D eigenvalue weighted by Gasteiger charge is 2.32. The Bertz CT molecular complexity index is 1000. The van der Waals surface area contributed by atoms with Crippen LogP contribution in [-0.4, -0.2) is 24.9 Å². The molecule has 0 spiro atoms. The Balaban J connectivity index is 1.33. The van der Waals surface area contributed by atoms with Gasteiger partial charge in [0, 0.05) is 18.7 Å². The monoisotopic (exact) mass is 430 g/mol. The van der Waals surface area contributed by atoms with E-state index < -0.39 is 6.04 Å². The van der Waals surface area contributed by atoms with E-state index in [0.29, 0.717) is 12.3 Å². The quantitative estimate of drug-likeness (QED) is 0.719. The van der Waals surface area contributed by atoms with E-state index in [9.17, 15) is 9.59 Å². The van der Waals surface area contributed by atoms with Crippen LogP contribution in [0.1, 0.15) is 54.4 Å². The zero-order chi connectivity index (χ0) is 22.7. The minimum absolute atomic E-state index is 0.0138. The molecule has 1 heterocycles. The second kappa shape index (κ2) is 9.72. The molecular weight excluding hydrogens is 396 g/mol. The first-order valence-corrected chi connectivity index (χ1v) is 11.8. The van der Waals surface area contributed by atoms with Crippen molar-refractivity contribution in [2.24, 2.45) is 11.8 Å². The smallest absolute Gasteiger partial charge is 0.249 e. The van der Waals surface area contributed by atoms with E-state index in [1.165, 1.54) is 11.1 Å². The number of nitrogens with zero attached hydrogens (tertiary/aromatic N) is 1. The fourth-order valence-corrected chi connectivity index (χ4v) is 5.23. The molecule has 2 aromatic carbocycles. The van der Waals surface area contributed by atoms with E-state index >= 15 is 0 Å². The van der Waals surface area contributed by atoms with Crippen LogP contribution in [0.5, 0.6) is 0 Å². The normalized spacial score (nSPS) is 23.2. The minimum Gasteiger partial charge on any atom is -0.344 e. The maximum absolute atomic E-state index is 13.1. The van der Waals surface area contributed by atoms with Crippen LogP contribution in [-0.2, 0) is 22.4 Å². The molecular formula is C28H34N2O2. The van der Waals surface area contributed by atoms with E-state index in [4.69, 9.17) is 0 Å². The van der Waals surface area contributed by atoms with Crippen LogP contribution < -0.4 is 10.2 Å². The van der Waals surface area contributed by atoms with Gasteiger partial charge in [0.15, 0.2) is 0 Å². The predicted molar refractivity (Wildman–Crippen MR) is 131 cm³/mol. The van der Waals surface area contributed by atoms with Gasteiger partial charge < -0.3 is 10.2 Å². The molecule has 168 valence electrons. The summed E-state index contributed by atoms with van der Waals surface area (Å²) in [7, 11) is 1.80.